The number of aryl methyl sites for hydroxylation is 1. The third-order valence-electron chi connectivity index (χ3n) is 2.21. The molecule has 17 heavy (non-hydrogen) atoms. The number of aliphatic carboxylic acids is 1. The standard InChI is InChI=1S/C10H13N3O3S/c1-4-7-12-13-10(17-7)11-8(14)5(2)6(3)9(15)16/h4H2,1-3H3,(H,15,16)(H,11,13,14). The third-order valence-corrected chi connectivity index (χ3v) is 3.20. The van der Waals surface area contributed by atoms with Crippen molar-refractivity contribution in [3.8, 4) is 0 Å². The fourth-order valence-electron chi connectivity index (χ4n) is 0.969. The number of hydrogen-bond donors (Lipinski definition) is 2. The number of nitrogens with one attached hydrogen (secondary N) is 1. The van der Waals surface area contributed by atoms with E-state index < -0.39 is 11.9 Å². The lowest BCUT2D eigenvalue weighted by Crippen LogP contribution is -2.16. The minimum absolute atomic E-state index is 0.0164. The number of amides is 1. The van der Waals surface area contributed by atoms with Crippen LogP contribution in [-0.4, -0.2) is 27.2 Å². The van der Waals surface area contributed by atoms with Gasteiger partial charge in [0.15, 0.2) is 0 Å². The molecule has 2 N–H and O–H groups in total. The molecule has 0 aromatic carbocycles. The van der Waals surface area contributed by atoms with Crippen LogP contribution in [0.15, 0.2) is 11.1 Å². The largest absolute Gasteiger partial charge is 0.478 e. The van der Waals surface area contributed by atoms with Crippen molar-refractivity contribution < 1.29 is 14.7 Å². The molecule has 0 unspecified atom stereocenters. The van der Waals surface area contributed by atoms with Gasteiger partial charge in [-0.2, -0.15) is 0 Å². The van der Waals surface area contributed by atoms with E-state index in [0.29, 0.717) is 5.13 Å². The Morgan fingerprint density at radius 2 is 1.94 bits per heavy atom. The SMILES string of the molecule is CCc1nnc(NC(=O)C(C)=C(C)C(=O)O)s1. The number of anilines is 1. The molecule has 0 saturated heterocycles. The van der Waals surface area contributed by atoms with E-state index in [1.807, 2.05) is 6.92 Å². The van der Waals surface area contributed by atoms with Gasteiger partial charge in [-0.05, 0) is 20.3 Å². The van der Waals surface area contributed by atoms with Crippen molar-refractivity contribution in [2.75, 3.05) is 5.32 Å². The topological polar surface area (TPSA) is 92.2 Å². The van der Waals surface area contributed by atoms with E-state index in [4.69, 9.17) is 5.11 Å². The second-order valence-corrected chi connectivity index (χ2v) is 4.43. The average Bonchev–Trinajstić information content (AvgIpc) is 2.74. The van der Waals surface area contributed by atoms with Crippen LogP contribution in [0, 0.1) is 0 Å². The van der Waals surface area contributed by atoms with Crippen molar-refractivity contribution in [3.63, 3.8) is 0 Å². The molecule has 0 fully saturated rings. The van der Waals surface area contributed by atoms with E-state index in [2.05, 4.69) is 15.5 Å². The number of carbonyl (C=O) groups excluding carboxylic acids is 1. The fourth-order valence-corrected chi connectivity index (χ4v) is 1.64. The first-order valence-electron chi connectivity index (χ1n) is 5.00. The highest BCUT2D eigenvalue weighted by Gasteiger charge is 2.14. The molecule has 0 aliphatic rings. The van der Waals surface area contributed by atoms with E-state index in [9.17, 15) is 9.59 Å². The molecule has 1 heterocycles. The molecule has 0 saturated carbocycles. The number of carboxylic acid groups (broad SMARTS) is 1. The number of rotatable bonds is 4. The van der Waals surface area contributed by atoms with Gasteiger partial charge in [0.25, 0.3) is 5.91 Å². The maximum absolute atomic E-state index is 11.7. The van der Waals surface area contributed by atoms with E-state index in [-0.39, 0.29) is 11.1 Å². The summed E-state index contributed by atoms with van der Waals surface area (Å²) < 4.78 is 0. The summed E-state index contributed by atoms with van der Waals surface area (Å²) in [4.78, 5) is 22.3. The monoisotopic (exact) mass is 255 g/mol. The van der Waals surface area contributed by atoms with E-state index in [0.717, 1.165) is 11.4 Å². The molecule has 1 amide bonds. The molecule has 0 aliphatic carbocycles. The van der Waals surface area contributed by atoms with Gasteiger partial charge in [-0.3, -0.25) is 10.1 Å². The summed E-state index contributed by atoms with van der Waals surface area (Å²) in [6.07, 6.45) is 0.747. The van der Waals surface area contributed by atoms with Crippen LogP contribution in [-0.2, 0) is 16.0 Å². The zero-order valence-electron chi connectivity index (χ0n) is 9.77. The predicted octanol–water partition coefficient (Wildman–Crippen LogP) is 1.46. The lowest BCUT2D eigenvalue weighted by molar-refractivity contribution is -0.133. The molecule has 0 atom stereocenters. The Hall–Kier alpha value is -1.76. The lowest BCUT2D eigenvalue weighted by atomic mass is 10.1. The molecule has 6 nitrogen and oxygen atoms in total. The Bertz CT molecular complexity index is 479. The third kappa shape index (κ3) is 3.35. The van der Waals surface area contributed by atoms with Gasteiger partial charge in [-0.1, -0.05) is 18.3 Å². The quantitative estimate of drug-likeness (QED) is 0.794. The number of carboxylic acids is 1. The van der Waals surface area contributed by atoms with E-state index in [1.165, 1.54) is 25.2 Å². The molecular weight excluding hydrogens is 242 g/mol. The molecule has 1 aromatic rings. The summed E-state index contributed by atoms with van der Waals surface area (Å²) in [5.74, 6) is -1.58. The Labute approximate surface area is 102 Å². The summed E-state index contributed by atoms with van der Waals surface area (Å²) in [5.41, 5.74) is 0.175. The van der Waals surface area contributed by atoms with Gasteiger partial charge in [0.2, 0.25) is 5.13 Å². The maximum Gasteiger partial charge on any atom is 0.331 e. The van der Waals surface area contributed by atoms with Crippen molar-refractivity contribution >= 4 is 28.3 Å². The number of carbonyl (C=O) groups is 2. The number of nitrogens with zero attached hydrogens (tertiary/aromatic N) is 2. The first-order chi connectivity index (χ1) is 7.95. The number of hydrogen-bond acceptors (Lipinski definition) is 5. The van der Waals surface area contributed by atoms with Crippen LogP contribution in [0.4, 0.5) is 5.13 Å². The van der Waals surface area contributed by atoms with Gasteiger partial charge in [0.1, 0.15) is 5.01 Å². The van der Waals surface area contributed by atoms with Gasteiger partial charge in [0.05, 0.1) is 0 Å². The zero-order valence-corrected chi connectivity index (χ0v) is 10.6. The number of aromatic nitrogens is 2. The van der Waals surface area contributed by atoms with Crippen LogP contribution in [0.5, 0.6) is 0 Å². The van der Waals surface area contributed by atoms with Crippen LogP contribution in [0.1, 0.15) is 25.8 Å². The highest BCUT2D eigenvalue weighted by atomic mass is 32.1. The first kappa shape index (κ1) is 13.3. The minimum Gasteiger partial charge on any atom is -0.478 e. The van der Waals surface area contributed by atoms with Crippen molar-refractivity contribution in [1.82, 2.24) is 10.2 Å². The molecule has 1 rings (SSSR count). The van der Waals surface area contributed by atoms with Crippen molar-refractivity contribution in [1.29, 1.82) is 0 Å². The van der Waals surface area contributed by atoms with Gasteiger partial charge in [-0.15, -0.1) is 10.2 Å². The molecular formula is C10H13N3O3S. The van der Waals surface area contributed by atoms with Gasteiger partial charge in [0, 0.05) is 11.1 Å². The Morgan fingerprint density at radius 1 is 1.29 bits per heavy atom. The van der Waals surface area contributed by atoms with Crippen LogP contribution in [0.3, 0.4) is 0 Å². The van der Waals surface area contributed by atoms with Crippen molar-refractivity contribution in [2.45, 2.75) is 27.2 Å². The van der Waals surface area contributed by atoms with E-state index >= 15 is 0 Å². The molecule has 0 bridgehead atoms. The normalized spacial score (nSPS) is 11.9. The zero-order chi connectivity index (χ0) is 13.0. The molecule has 1 aromatic heterocycles. The Balaban J connectivity index is 2.79. The second kappa shape index (κ2) is 5.53. The Morgan fingerprint density at radius 3 is 2.41 bits per heavy atom. The Kier molecular flexibility index (Phi) is 4.33. The first-order valence-corrected chi connectivity index (χ1v) is 5.81. The van der Waals surface area contributed by atoms with Crippen LogP contribution >= 0.6 is 11.3 Å². The summed E-state index contributed by atoms with van der Waals surface area (Å²) in [7, 11) is 0. The fraction of sp³-hybridized carbons (Fsp3) is 0.400. The molecule has 0 radical (unpaired) electrons. The highest BCUT2D eigenvalue weighted by molar-refractivity contribution is 7.15. The molecule has 92 valence electrons. The van der Waals surface area contributed by atoms with E-state index in [1.54, 1.807) is 0 Å². The predicted molar refractivity (Wildman–Crippen MR) is 63.9 cm³/mol. The maximum atomic E-state index is 11.7. The summed E-state index contributed by atoms with van der Waals surface area (Å²) in [6.45, 7) is 4.78. The van der Waals surface area contributed by atoms with Crippen LogP contribution < -0.4 is 5.32 Å². The second-order valence-electron chi connectivity index (χ2n) is 3.36. The van der Waals surface area contributed by atoms with Gasteiger partial charge >= 0.3 is 5.97 Å². The van der Waals surface area contributed by atoms with Crippen LogP contribution in [0.2, 0.25) is 0 Å². The molecule has 0 aliphatic heterocycles. The average molecular weight is 255 g/mol. The molecule has 7 heteroatoms. The summed E-state index contributed by atoms with van der Waals surface area (Å²) in [5, 5.41) is 20.1. The smallest absolute Gasteiger partial charge is 0.331 e. The van der Waals surface area contributed by atoms with Crippen LogP contribution in [0.25, 0.3) is 0 Å². The minimum atomic E-state index is -1.11. The summed E-state index contributed by atoms with van der Waals surface area (Å²) in [6, 6.07) is 0. The van der Waals surface area contributed by atoms with Gasteiger partial charge in [-0.25, -0.2) is 4.79 Å². The molecule has 0 spiro atoms. The van der Waals surface area contributed by atoms with Gasteiger partial charge < -0.3 is 5.11 Å². The lowest BCUT2D eigenvalue weighted by Gasteiger charge is -2.03. The summed E-state index contributed by atoms with van der Waals surface area (Å²) >= 11 is 1.27. The van der Waals surface area contributed by atoms with Crippen molar-refractivity contribution in [2.24, 2.45) is 0 Å². The highest BCUT2D eigenvalue weighted by Crippen LogP contribution is 2.16. The van der Waals surface area contributed by atoms with Crippen molar-refractivity contribution in [3.05, 3.63) is 16.2 Å².